The van der Waals surface area contributed by atoms with Crippen molar-refractivity contribution < 1.29 is 101 Å². The normalized spacial score (nSPS) is 12.9. The summed E-state index contributed by atoms with van der Waals surface area (Å²) < 4.78 is 31.9. The molecule has 4 rings (SSSR count). The molecular formula is C54H64F3N9O18. The number of pyridine rings is 1. The van der Waals surface area contributed by atoms with Crippen molar-refractivity contribution in [2.75, 3.05) is 27.7 Å². The molecule has 0 saturated heterocycles. The largest absolute Gasteiger partial charge is 0.542 e. The highest BCUT2D eigenvalue weighted by Crippen LogP contribution is 2.19. The maximum Gasteiger partial charge on any atom is 0.430 e. The number of nitrogens with zero attached hydrogens (tertiary/aromatic N) is 2. The van der Waals surface area contributed by atoms with Gasteiger partial charge in [0.25, 0.3) is 11.8 Å². The Morgan fingerprint density at radius 1 is 0.536 bits per heavy atom. The number of quaternary nitrogens is 1. The number of alkyl halides is 3. The second-order valence-electron chi connectivity index (χ2n) is 19.6. The minimum absolute atomic E-state index is 0.0330. The van der Waals surface area contributed by atoms with Crippen molar-refractivity contribution in [3.8, 4) is 0 Å². The second-order valence-corrected chi connectivity index (χ2v) is 19.6. The number of rotatable bonds is 31. The molecule has 30 heteroatoms. The third-order valence-electron chi connectivity index (χ3n) is 12.1. The highest BCUT2D eigenvalue weighted by molar-refractivity contribution is 5.99. The zero-order valence-corrected chi connectivity index (χ0v) is 45.5. The number of aliphatic carboxylic acids is 6. The first kappa shape index (κ1) is 68.5. The molecular weight excluding hydrogens is 1120 g/mol. The molecule has 454 valence electrons. The molecule has 0 aliphatic heterocycles. The van der Waals surface area contributed by atoms with E-state index in [9.17, 15) is 86.3 Å². The number of carboxylic acids is 6. The van der Waals surface area contributed by atoms with Crippen LogP contribution in [0.15, 0.2) is 85.1 Å². The second kappa shape index (κ2) is 32.6. The summed E-state index contributed by atoms with van der Waals surface area (Å²) in [6, 6.07) is 14.0. The van der Waals surface area contributed by atoms with Crippen LogP contribution in [0, 0.1) is 0 Å². The van der Waals surface area contributed by atoms with E-state index in [1.165, 1.54) is 36.5 Å². The average Bonchev–Trinajstić information content (AvgIpc) is 3.60. The summed E-state index contributed by atoms with van der Waals surface area (Å²) >= 11 is 0. The number of fused-ring (bicyclic) bond motifs is 1. The van der Waals surface area contributed by atoms with Crippen LogP contribution in [0.2, 0.25) is 0 Å². The Hall–Kier alpha value is -9.74. The van der Waals surface area contributed by atoms with E-state index < -0.39 is 133 Å². The molecule has 1 aromatic heterocycles. The smallest absolute Gasteiger partial charge is 0.430 e. The van der Waals surface area contributed by atoms with Gasteiger partial charge in [0.15, 0.2) is 0 Å². The molecule has 3 aromatic carbocycles. The highest BCUT2D eigenvalue weighted by atomic mass is 19.4. The molecule has 0 fully saturated rings. The van der Waals surface area contributed by atoms with E-state index in [1.807, 2.05) is 63.6 Å². The third kappa shape index (κ3) is 24.5. The topological polar surface area (TPSA) is 426 Å². The number of unbranched alkanes of at least 4 members (excludes halogenated alkanes) is 1. The van der Waals surface area contributed by atoms with Crippen molar-refractivity contribution in [2.24, 2.45) is 0 Å². The first-order chi connectivity index (χ1) is 39.3. The van der Waals surface area contributed by atoms with E-state index in [-0.39, 0.29) is 62.7 Å². The van der Waals surface area contributed by atoms with E-state index in [0.717, 1.165) is 10.8 Å². The number of carboxylic acid groups (broad SMARTS) is 6. The van der Waals surface area contributed by atoms with Crippen molar-refractivity contribution >= 4 is 88.0 Å². The Labute approximate surface area is 477 Å². The van der Waals surface area contributed by atoms with Crippen molar-refractivity contribution in [3.63, 3.8) is 0 Å². The summed E-state index contributed by atoms with van der Waals surface area (Å²) in [6.45, 7) is -0.121. The van der Waals surface area contributed by atoms with Crippen LogP contribution < -0.4 is 46.8 Å². The number of hydrogen-bond donors (Lipinski definition) is 12. The summed E-state index contributed by atoms with van der Waals surface area (Å²) in [5, 5.41) is 74.5. The molecule has 84 heavy (non-hydrogen) atoms. The Balaban J connectivity index is 0.00000247. The molecule has 27 nitrogen and oxygen atoms in total. The van der Waals surface area contributed by atoms with Crippen LogP contribution in [0.25, 0.3) is 10.8 Å². The van der Waals surface area contributed by atoms with Gasteiger partial charge in [0.05, 0.1) is 26.7 Å². The summed E-state index contributed by atoms with van der Waals surface area (Å²) in [5.74, 6) is -12.8. The number of benzene rings is 3. The van der Waals surface area contributed by atoms with E-state index >= 15 is 0 Å². The van der Waals surface area contributed by atoms with Gasteiger partial charge in [0.1, 0.15) is 36.2 Å². The summed E-state index contributed by atoms with van der Waals surface area (Å²) in [4.78, 5) is 150. The Morgan fingerprint density at radius 3 is 1.52 bits per heavy atom. The Bertz CT molecular complexity index is 3010. The number of halogens is 3. The lowest BCUT2D eigenvalue weighted by atomic mass is 10.0. The molecule has 7 amide bonds. The van der Waals surface area contributed by atoms with Gasteiger partial charge in [0.2, 0.25) is 23.5 Å². The predicted octanol–water partition coefficient (Wildman–Crippen LogP) is 1.06. The van der Waals surface area contributed by atoms with E-state index in [1.54, 1.807) is 6.07 Å². The molecule has 12 N–H and O–H groups in total. The van der Waals surface area contributed by atoms with Crippen molar-refractivity contribution in [1.82, 2.24) is 46.7 Å². The fraction of sp³-hybridized carbons (Fsp3) is 0.389. The van der Waals surface area contributed by atoms with Crippen LogP contribution in [0.5, 0.6) is 0 Å². The fourth-order valence-electron chi connectivity index (χ4n) is 7.59. The van der Waals surface area contributed by atoms with Gasteiger partial charge >= 0.3 is 42.1 Å². The summed E-state index contributed by atoms with van der Waals surface area (Å²) in [6.07, 6.45) is -6.32. The number of carbonyl (C=O) groups excluding carboxylic acids is 7. The zero-order valence-electron chi connectivity index (χ0n) is 45.5. The van der Waals surface area contributed by atoms with Gasteiger partial charge in [-0.3, -0.25) is 42.8 Å². The van der Waals surface area contributed by atoms with Crippen LogP contribution in [-0.2, 0) is 56.1 Å². The van der Waals surface area contributed by atoms with Gasteiger partial charge in [-0.2, -0.15) is 13.2 Å². The van der Waals surface area contributed by atoms with Crippen LogP contribution in [0.4, 0.5) is 23.8 Å². The molecule has 0 saturated carbocycles. The minimum Gasteiger partial charge on any atom is -0.542 e. The number of urea groups is 1. The number of hydrogen-bond acceptors (Lipinski definition) is 14. The predicted molar refractivity (Wildman–Crippen MR) is 287 cm³/mol. The molecule has 0 radical (unpaired) electrons. The lowest BCUT2D eigenvalue weighted by Gasteiger charge is -2.23. The van der Waals surface area contributed by atoms with Gasteiger partial charge < -0.3 is 72.7 Å². The molecule has 4 aromatic rings. The van der Waals surface area contributed by atoms with Gasteiger partial charge in [-0.05, 0) is 78.6 Å². The highest BCUT2D eigenvalue weighted by Gasteiger charge is 2.31. The van der Waals surface area contributed by atoms with Crippen molar-refractivity contribution in [1.29, 1.82) is 0 Å². The van der Waals surface area contributed by atoms with Gasteiger partial charge in [-0.1, -0.05) is 54.6 Å². The molecule has 1 heterocycles. The zero-order chi connectivity index (χ0) is 62.9. The van der Waals surface area contributed by atoms with Crippen LogP contribution in [0.3, 0.4) is 0 Å². The standard InChI is InChI=1S/C52H63N9O16.C2HF3O2/c1-61(2,3)41-21-17-35(29-54-41)46(69)56-37(19-23-43(64)65)49(72)57-36(18-22-42(62)63)47(70)55-28-30-11-15-33(16-12-30)45(68)58-40(27-31-13-14-32-8-4-5-9-34(32)26-31)48(71)53-25-7-6-10-38(50(73)74)59-52(77)60-39(51(75)76)20-24-44(66)67;3-2(4,5)1(6)7/h4-5,8-9,11-17,21,26,29,36-40H,6-7,10,18-20,22-25,27-28H2,1-3H3,(H11-,53,55,56,57,58,59,60,62,63,64,65,66,67,68,69,70,71,72,73,74,75,76,77);(H,6,7). The molecule has 5 unspecified atom stereocenters. The third-order valence-corrected chi connectivity index (χ3v) is 12.1. The van der Waals surface area contributed by atoms with Crippen LogP contribution in [0.1, 0.15) is 89.6 Å². The molecule has 0 spiro atoms. The Kier molecular flexibility index (Phi) is 26.6. The average molecular weight is 1180 g/mol. The molecule has 0 aliphatic carbocycles. The number of nitrogens with one attached hydrogen (secondary N) is 7. The molecule has 0 aliphatic rings. The minimum atomic E-state index is -5.19. The van der Waals surface area contributed by atoms with Gasteiger partial charge in [-0.25, -0.2) is 19.4 Å². The lowest BCUT2D eigenvalue weighted by molar-refractivity contribution is -0.344. The SMILES string of the molecule is C[N+](C)(C)c1ccc(C(=O)NC(CCC(=O)O)C(=O)NC(CCC(=O)O)C(=O)NCc2ccc(C(=O)NC(Cc3ccc4ccccc4c3)C(=O)NCCCCC(NC(=O)NC(CCC(=O)O)C(=O)O)C(=O)O)cc2)cn1.O=C([O-])C(F)(F)F. The summed E-state index contributed by atoms with van der Waals surface area (Å²) in [7, 11) is 5.61. The van der Waals surface area contributed by atoms with E-state index in [4.69, 9.17) is 15.0 Å². The monoisotopic (exact) mass is 1180 g/mol. The Morgan fingerprint density at radius 2 is 1.01 bits per heavy atom. The summed E-state index contributed by atoms with van der Waals surface area (Å²) in [5.41, 5.74) is 1.40. The number of aromatic nitrogens is 1. The van der Waals surface area contributed by atoms with E-state index in [0.29, 0.717) is 21.4 Å². The molecule has 5 atom stereocenters. The van der Waals surface area contributed by atoms with E-state index in [2.05, 4.69) is 42.2 Å². The van der Waals surface area contributed by atoms with Crippen molar-refractivity contribution in [2.45, 2.75) is 107 Å². The first-order valence-corrected chi connectivity index (χ1v) is 25.6. The fourth-order valence-corrected chi connectivity index (χ4v) is 7.59. The first-order valence-electron chi connectivity index (χ1n) is 25.6. The lowest BCUT2D eigenvalue weighted by Crippen LogP contribution is -2.53. The maximum absolute atomic E-state index is 13.7. The maximum atomic E-state index is 13.7. The molecule has 0 bridgehead atoms. The van der Waals surface area contributed by atoms with Crippen molar-refractivity contribution in [3.05, 3.63) is 107 Å². The number of amides is 7. The van der Waals surface area contributed by atoms with Crippen LogP contribution in [-0.4, -0.2) is 166 Å². The van der Waals surface area contributed by atoms with Gasteiger partial charge in [-0.15, -0.1) is 0 Å². The van der Waals surface area contributed by atoms with Crippen LogP contribution >= 0.6 is 0 Å². The quantitative estimate of drug-likeness (QED) is 0.0247. The van der Waals surface area contributed by atoms with Gasteiger partial charge in [0, 0.05) is 56.6 Å². The number of carbonyl (C=O) groups is 12.